The zero-order valence-electron chi connectivity index (χ0n) is 17.5. The Kier molecular flexibility index (Phi) is 8.22. The molecule has 0 aliphatic carbocycles. The van der Waals surface area contributed by atoms with E-state index in [1.807, 2.05) is 0 Å². The summed E-state index contributed by atoms with van der Waals surface area (Å²) in [5, 5.41) is 30.3. The molecule has 0 spiro atoms. The van der Waals surface area contributed by atoms with Crippen LogP contribution >= 0.6 is 23.2 Å². The van der Waals surface area contributed by atoms with Gasteiger partial charge in [0.2, 0.25) is 11.9 Å². The largest absolute Gasteiger partial charge is 0.435 e. The van der Waals surface area contributed by atoms with E-state index in [2.05, 4.69) is 25.5 Å². The Morgan fingerprint density at radius 2 is 2.09 bits per heavy atom. The third-order valence-corrected chi connectivity index (χ3v) is 5.25. The van der Waals surface area contributed by atoms with Gasteiger partial charge in [0.25, 0.3) is 0 Å². The first kappa shape index (κ1) is 25.2. The normalized spacial score (nSPS) is 16.6. The van der Waals surface area contributed by atoms with Crippen molar-refractivity contribution in [2.45, 2.75) is 25.7 Å². The van der Waals surface area contributed by atoms with Gasteiger partial charge < -0.3 is 15.2 Å². The minimum absolute atomic E-state index is 0.0365. The summed E-state index contributed by atoms with van der Waals surface area (Å²) < 4.78 is 29.4. The first-order valence-corrected chi connectivity index (χ1v) is 10.5. The van der Waals surface area contributed by atoms with Crippen molar-refractivity contribution < 1.29 is 23.4 Å². The summed E-state index contributed by atoms with van der Waals surface area (Å²) >= 11 is 12.1. The molecule has 178 valence electrons. The minimum Gasteiger partial charge on any atom is -0.435 e. The van der Waals surface area contributed by atoms with Gasteiger partial charge in [-0.2, -0.15) is 19.1 Å². The van der Waals surface area contributed by atoms with Crippen LogP contribution in [0.3, 0.4) is 0 Å². The molecule has 1 heterocycles. The number of aliphatic hydroxyl groups is 1. The van der Waals surface area contributed by atoms with Crippen molar-refractivity contribution in [3.63, 3.8) is 0 Å². The van der Waals surface area contributed by atoms with Gasteiger partial charge in [-0.1, -0.05) is 35.3 Å². The molecule has 9 nitrogen and oxygen atoms in total. The molecule has 0 fully saturated rings. The Morgan fingerprint density at radius 1 is 1.32 bits per heavy atom. The minimum atomic E-state index is -3.01. The molecule has 0 aromatic heterocycles. The molecule has 34 heavy (non-hydrogen) atoms. The number of amides is 1. The maximum absolute atomic E-state index is 12.5. The number of carbonyl (C=O) groups excluding carboxylic acids is 1. The Bertz CT molecular complexity index is 1170. The number of rotatable bonds is 6. The van der Waals surface area contributed by atoms with E-state index < -0.39 is 24.7 Å². The maximum atomic E-state index is 12.5. The van der Waals surface area contributed by atoms with Crippen LogP contribution in [0.4, 0.5) is 14.5 Å². The molecule has 3 rings (SSSR count). The van der Waals surface area contributed by atoms with Crippen LogP contribution in [0, 0.1) is 11.5 Å². The highest BCUT2D eigenvalue weighted by Gasteiger charge is 2.32. The number of carbonyl (C=O) groups is 1. The summed E-state index contributed by atoms with van der Waals surface area (Å²) in [6, 6.07) is 9.64. The number of ether oxygens (including phenoxy) is 1. The molecule has 0 bridgehead atoms. The second-order valence-corrected chi connectivity index (χ2v) is 7.80. The zero-order chi connectivity index (χ0) is 24.8. The van der Waals surface area contributed by atoms with Gasteiger partial charge in [-0.05, 0) is 31.2 Å². The van der Waals surface area contributed by atoms with E-state index >= 15 is 0 Å². The molecular formula is C21H18Cl2F2N6O3. The number of hydrogen-bond acceptors (Lipinski definition) is 6. The Hall–Kier alpha value is -3.46. The van der Waals surface area contributed by atoms with Crippen molar-refractivity contribution in [1.82, 2.24) is 15.6 Å². The third kappa shape index (κ3) is 6.32. The number of benzene rings is 2. The number of alkyl halides is 2. The van der Waals surface area contributed by atoms with Crippen LogP contribution in [0.15, 0.2) is 52.6 Å². The summed E-state index contributed by atoms with van der Waals surface area (Å²) in [7, 11) is 0. The van der Waals surface area contributed by atoms with Crippen LogP contribution in [-0.4, -0.2) is 53.0 Å². The van der Waals surface area contributed by atoms with Gasteiger partial charge in [0.05, 0.1) is 34.0 Å². The molecule has 2 unspecified atom stereocenters. The molecule has 3 N–H and O–H groups in total. The van der Waals surface area contributed by atoms with E-state index in [1.54, 1.807) is 24.4 Å². The van der Waals surface area contributed by atoms with Crippen molar-refractivity contribution in [3.05, 3.63) is 58.1 Å². The fraction of sp³-hybridized carbons (Fsp3) is 0.238. The van der Waals surface area contributed by atoms with Gasteiger partial charge in [0, 0.05) is 11.6 Å². The number of hydrazone groups is 1. The molecule has 2 aromatic carbocycles. The predicted octanol–water partition coefficient (Wildman–Crippen LogP) is 3.24. The van der Waals surface area contributed by atoms with E-state index in [0.29, 0.717) is 16.3 Å². The summed E-state index contributed by atoms with van der Waals surface area (Å²) in [4.78, 5) is 16.4. The second kappa shape index (κ2) is 11.1. The van der Waals surface area contributed by atoms with Crippen LogP contribution in [-0.2, 0) is 4.79 Å². The van der Waals surface area contributed by atoms with E-state index in [1.165, 1.54) is 36.2 Å². The van der Waals surface area contributed by atoms with Crippen molar-refractivity contribution in [3.8, 4) is 11.9 Å². The van der Waals surface area contributed by atoms with Crippen LogP contribution in [0.5, 0.6) is 5.75 Å². The van der Waals surface area contributed by atoms with Crippen molar-refractivity contribution >= 4 is 46.5 Å². The lowest BCUT2D eigenvalue weighted by Gasteiger charge is -2.18. The topological polar surface area (TPSA) is 122 Å². The lowest BCUT2D eigenvalue weighted by molar-refractivity contribution is -0.128. The highest BCUT2D eigenvalue weighted by Crippen LogP contribution is 2.26. The van der Waals surface area contributed by atoms with Gasteiger partial charge in [-0.15, -0.1) is 0 Å². The van der Waals surface area contributed by atoms with E-state index in [-0.39, 0.29) is 29.0 Å². The van der Waals surface area contributed by atoms with Gasteiger partial charge in [0.15, 0.2) is 6.19 Å². The number of aliphatic imine (C=N–C) groups is 1. The number of aliphatic hydroxyl groups excluding tert-OH is 1. The highest BCUT2D eigenvalue weighted by molar-refractivity contribution is 6.42. The summed E-state index contributed by atoms with van der Waals surface area (Å²) in [6.45, 7) is -1.66. The smallest absolute Gasteiger partial charge is 0.387 e. The lowest BCUT2D eigenvalue weighted by Crippen LogP contribution is -2.47. The highest BCUT2D eigenvalue weighted by atomic mass is 35.5. The van der Waals surface area contributed by atoms with Crippen molar-refractivity contribution in [2.75, 3.05) is 6.54 Å². The second-order valence-electron chi connectivity index (χ2n) is 6.98. The quantitative estimate of drug-likeness (QED) is 0.237. The van der Waals surface area contributed by atoms with Crippen LogP contribution in [0.2, 0.25) is 10.0 Å². The lowest BCUT2D eigenvalue weighted by atomic mass is 10.0. The van der Waals surface area contributed by atoms with Gasteiger partial charge in [0.1, 0.15) is 11.9 Å². The standard InChI is InChI=1S/C21H18Cl2F2N6O3/c1-11(32)19(33)29-17-9-31(30-18(17)12-5-6-15(22)16(23)7-12)21(27-10-26)28-13-3-2-4-14(8-13)34-20(24)25/h2-8,11,17,20,32H,9H2,1H3,(H,27,28)(H,29,33). The van der Waals surface area contributed by atoms with Gasteiger partial charge in [-0.3, -0.25) is 10.1 Å². The summed E-state index contributed by atoms with van der Waals surface area (Å²) in [5.74, 6) is -0.790. The molecule has 0 radical (unpaired) electrons. The Labute approximate surface area is 203 Å². The van der Waals surface area contributed by atoms with Crippen molar-refractivity contribution in [2.24, 2.45) is 10.1 Å². The monoisotopic (exact) mass is 510 g/mol. The van der Waals surface area contributed by atoms with E-state index in [0.717, 1.165) is 0 Å². The Morgan fingerprint density at radius 3 is 2.74 bits per heavy atom. The Balaban J connectivity index is 1.98. The molecule has 13 heteroatoms. The number of nitrogens with one attached hydrogen (secondary N) is 2. The fourth-order valence-electron chi connectivity index (χ4n) is 3.01. The number of nitrogens with zero attached hydrogens (tertiary/aromatic N) is 4. The molecule has 1 aliphatic heterocycles. The first-order valence-electron chi connectivity index (χ1n) is 9.76. The van der Waals surface area contributed by atoms with E-state index in [4.69, 9.17) is 23.2 Å². The number of hydrogen-bond donors (Lipinski definition) is 3. The van der Waals surface area contributed by atoms with Crippen molar-refractivity contribution in [1.29, 1.82) is 5.26 Å². The fourth-order valence-corrected chi connectivity index (χ4v) is 3.30. The number of guanidine groups is 1. The van der Waals surface area contributed by atoms with Crippen LogP contribution in [0.1, 0.15) is 12.5 Å². The molecule has 2 atom stereocenters. The maximum Gasteiger partial charge on any atom is 0.387 e. The number of nitriles is 1. The third-order valence-electron chi connectivity index (χ3n) is 4.52. The molecule has 0 saturated carbocycles. The van der Waals surface area contributed by atoms with E-state index in [9.17, 15) is 23.9 Å². The van der Waals surface area contributed by atoms with Crippen LogP contribution < -0.4 is 15.4 Å². The number of halogens is 4. The SMILES string of the molecule is CC(O)C(=O)NC1CN(C(=Nc2cccc(OC(F)F)c2)NC#N)N=C1c1ccc(Cl)c(Cl)c1. The zero-order valence-corrected chi connectivity index (χ0v) is 19.1. The molecule has 0 saturated heterocycles. The summed E-state index contributed by atoms with van der Waals surface area (Å²) in [5.41, 5.74) is 1.12. The molecular weight excluding hydrogens is 493 g/mol. The van der Waals surface area contributed by atoms with Gasteiger partial charge >= 0.3 is 6.61 Å². The van der Waals surface area contributed by atoms with Crippen LogP contribution in [0.25, 0.3) is 0 Å². The predicted molar refractivity (Wildman–Crippen MR) is 122 cm³/mol. The first-order chi connectivity index (χ1) is 16.2. The molecule has 2 aromatic rings. The average molecular weight is 511 g/mol. The average Bonchev–Trinajstić information content (AvgIpc) is 3.18. The molecule has 1 aliphatic rings. The summed E-state index contributed by atoms with van der Waals surface area (Å²) in [6.07, 6.45) is 0.477. The van der Waals surface area contributed by atoms with Gasteiger partial charge in [-0.25, -0.2) is 10.0 Å². The molecule has 1 amide bonds.